The standard InChI is InChI=1S/C17H19N3O.HI/c1-2-12-21-16-11-7-6-8-14(16)13-19-17(18)20-15-9-4-3-5-10-15;/h2-11H,1,12-13H2,(H3,18,19,20);1H. The third-order valence-corrected chi connectivity index (χ3v) is 2.80. The summed E-state index contributed by atoms with van der Waals surface area (Å²) < 4.78 is 5.59. The average molecular weight is 409 g/mol. The number of nitrogens with zero attached hydrogens (tertiary/aromatic N) is 1. The number of benzene rings is 2. The molecule has 0 atom stereocenters. The summed E-state index contributed by atoms with van der Waals surface area (Å²) in [6, 6.07) is 17.5. The zero-order valence-electron chi connectivity index (χ0n) is 12.2. The topological polar surface area (TPSA) is 59.6 Å². The van der Waals surface area contributed by atoms with E-state index in [2.05, 4.69) is 16.9 Å². The molecular formula is C17H20IN3O. The Morgan fingerprint density at radius 3 is 2.55 bits per heavy atom. The van der Waals surface area contributed by atoms with Crippen LogP contribution in [0.5, 0.6) is 5.75 Å². The lowest BCUT2D eigenvalue weighted by Crippen LogP contribution is -2.22. The Balaban J connectivity index is 0.00000242. The fourth-order valence-electron chi connectivity index (χ4n) is 1.80. The molecule has 0 fully saturated rings. The molecule has 22 heavy (non-hydrogen) atoms. The summed E-state index contributed by atoms with van der Waals surface area (Å²) in [4.78, 5) is 4.34. The third-order valence-electron chi connectivity index (χ3n) is 2.80. The molecule has 0 aromatic heterocycles. The summed E-state index contributed by atoms with van der Waals surface area (Å²) in [5.74, 6) is 1.17. The minimum Gasteiger partial charge on any atom is -0.489 e. The molecule has 3 N–H and O–H groups in total. The van der Waals surface area contributed by atoms with E-state index < -0.39 is 0 Å². The molecule has 0 heterocycles. The average Bonchev–Trinajstić information content (AvgIpc) is 2.52. The van der Waals surface area contributed by atoms with Crippen LogP contribution >= 0.6 is 24.0 Å². The van der Waals surface area contributed by atoms with Crippen molar-refractivity contribution in [1.29, 1.82) is 0 Å². The van der Waals surface area contributed by atoms with Crippen LogP contribution in [0.2, 0.25) is 0 Å². The minimum atomic E-state index is 0. The molecule has 0 saturated carbocycles. The van der Waals surface area contributed by atoms with E-state index in [4.69, 9.17) is 10.5 Å². The number of anilines is 1. The van der Waals surface area contributed by atoms with E-state index >= 15 is 0 Å². The molecule has 0 amide bonds. The van der Waals surface area contributed by atoms with E-state index in [-0.39, 0.29) is 24.0 Å². The maximum atomic E-state index is 5.89. The van der Waals surface area contributed by atoms with Crippen LogP contribution in [0.25, 0.3) is 0 Å². The van der Waals surface area contributed by atoms with Gasteiger partial charge in [0.05, 0.1) is 6.54 Å². The monoisotopic (exact) mass is 409 g/mol. The van der Waals surface area contributed by atoms with Gasteiger partial charge >= 0.3 is 0 Å². The molecule has 2 rings (SSSR count). The second-order valence-electron chi connectivity index (χ2n) is 4.40. The summed E-state index contributed by atoms with van der Waals surface area (Å²) in [6.45, 7) is 4.57. The molecule has 116 valence electrons. The predicted molar refractivity (Wildman–Crippen MR) is 103 cm³/mol. The van der Waals surface area contributed by atoms with Crippen molar-refractivity contribution in [3.05, 3.63) is 72.8 Å². The Bertz CT molecular complexity index is 614. The van der Waals surface area contributed by atoms with Gasteiger partial charge in [-0.25, -0.2) is 4.99 Å². The number of para-hydroxylation sites is 2. The van der Waals surface area contributed by atoms with E-state index in [1.807, 2.05) is 54.6 Å². The fourth-order valence-corrected chi connectivity index (χ4v) is 1.80. The molecule has 2 aromatic carbocycles. The van der Waals surface area contributed by atoms with Crippen LogP contribution in [0.4, 0.5) is 5.69 Å². The number of hydrogen-bond donors (Lipinski definition) is 2. The van der Waals surface area contributed by atoms with Gasteiger partial charge in [-0.2, -0.15) is 0 Å². The molecule has 0 aliphatic carbocycles. The maximum absolute atomic E-state index is 5.89. The van der Waals surface area contributed by atoms with Gasteiger partial charge in [0.1, 0.15) is 12.4 Å². The summed E-state index contributed by atoms with van der Waals surface area (Å²) in [6.07, 6.45) is 1.71. The number of nitrogens with one attached hydrogen (secondary N) is 1. The Hall–Kier alpha value is -2.02. The summed E-state index contributed by atoms with van der Waals surface area (Å²) >= 11 is 0. The van der Waals surface area contributed by atoms with E-state index in [0.717, 1.165) is 17.0 Å². The lowest BCUT2D eigenvalue weighted by Gasteiger charge is -2.09. The zero-order valence-corrected chi connectivity index (χ0v) is 14.6. The van der Waals surface area contributed by atoms with E-state index in [1.54, 1.807) is 6.08 Å². The molecule has 4 nitrogen and oxygen atoms in total. The molecule has 0 aliphatic rings. The second kappa shape index (κ2) is 9.83. The number of rotatable bonds is 6. The summed E-state index contributed by atoms with van der Waals surface area (Å²) in [7, 11) is 0. The maximum Gasteiger partial charge on any atom is 0.193 e. The van der Waals surface area contributed by atoms with Crippen molar-refractivity contribution >= 4 is 35.6 Å². The number of aliphatic imine (C=N–C) groups is 1. The van der Waals surface area contributed by atoms with Gasteiger partial charge in [0.15, 0.2) is 5.96 Å². The fraction of sp³-hybridized carbons (Fsp3) is 0.118. The van der Waals surface area contributed by atoms with Crippen LogP contribution in [-0.4, -0.2) is 12.6 Å². The van der Waals surface area contributed by atoms with Gasteiger partial charge in [0.2, 0.25) is 0 Å². The van der Waals surface area contributed by atoms with Gasteiger partial charge in [0, 0.05) is 11.3 Å². The van der Waals surface area contributed by atoms with Crippen molar-refractivity contribution in [2.45, 2.75) is 6.54 Å². The smallest absolute Gasteiger partial charge is 0.193 e. The Morgan fingerprint density at radius 1 is 1.14 bits per heavy atom. The molecule has 0 bridgehead atoms. The third kappa shape index (κ3) is 5.77. The Kier molecular flexibility index (Phi) is 8.06. The van der Waals surface area contributed by atoms with E-state index in [1.165, 1.54) is 0 Å². The normalized spacial score (nSPS) is 10.5. The van der Waals surface area contributed by atoms with Gasteiger partial charge in [-0.15, -0.1) is 24.0 Å². The molecular weight excluding hydrogens is 389 g/mol. The van der Waals surface area contributed by atoms with Gasteiger partial charge in [-0.3, -0.25) is 0 Å². The highest BCUT2D eigenvalue weighted by Crippen LogP contribution is 2.18. The molecule has 0 spiro atoms. The van der Waals surface area contributed by atoms with Gasteiger partial charge in [0.25, 0.3) is 0 Å². The van der Waals surface area contributed by atoms with Crippen molar-refractivity contribution in [3.8, 4) is 5.75 Å². The molecule has 0 unspecified atom stereocenters. The largest absolute Gasteiger partial charge is 0.489 e. The summed E-state index contributed by atoms with van der Waals surface area (Å²) in [5.41, 5.74) is 7.78. The molecule has 5 heteroatoms. The predicted octanol–water partition coefficient (Wildman–Crippen LogP) is 3.80. The Labute approximate surface area is 148 Å². The van der Waals surface area contributed by atoms with Gasteiger partial charge in [-0.05, 0) is 18.2 Å². The molecule has 0 aliphatic heterocycles. The molecule has 0 radical (unpaired) electrons. The number of halogens is 1. The first kappa shape index (κ1) is 18.0. The number of ether oxygens (including phenoxy) is 1. The number of guanidine groups is 1. The van der Waals surface area contributed by atoms with Crippen molar-refractivity contribution in [2.75, 3.05) is 11.9 Å². The van der Waals surface area contributed by atoms with Crippen LogP contribution in [-0.2, 0) is 6.54 Å². The van der Waals surface area contributed by atoms with E-state index in [0.29, 0.717) is 19.1 Å². The van der Waals surface area contributed by atoms with Crippen molar-refractivity contribution < 1.29 is 4.74 Å². The Morgan fingerprint density at radius 2 is 1.82 bits per heavy atom. The highest BCUT2D eigenvalue weighted by Gasteiger charge is 2.02. The van der Waals surface area contributed by atoms with Crippen molar-refractivity contribution in [1.82, 2.24) is 0 Å². The van der Waals surface area contributed by atoms with E-state index in [9.17, 15) is 0 Å². The first-order valence-electron chi connectivity index (χ1n) is 6.73. The van der Waals surface area contributed by atoms with Crippen molar-refractivity contribution in [2.24, 2.45) is 10.7 Å². The van der Waals surface area contributed by atoms with Crippen molar-refractivity contribution in [3.63, 3.8) is 0 Å². The van der Waals surface area contributed by atoms with Crippen LogP contribution in [0, 0.1) is 0 Å². The highest BCUT2D eigenvalue weighted by atomic mass is 127. The zero-order chi connectivity index (χ0) is 14.9. The SMILES string of the molecule is C=CCOc1ccccc1CN=C(N)Nc1ccccc1.I. The quantitative estimate of drug-likeness (QED) is 0.330. The second-order valence-corrected chi connectivity index (χ2v) is 4.40. The molecule has 2 aromatic rings. The van der Waals surface area contributed by atoms with Gasteiger partial charge in [-0.1, -0.05) is 49.1 Å². The lowest BCUT2D eigenvalue weighted by molar-refractivity contribution is 0.359. The molecule has 0 saturated heterocycles. The highest BCUT2D eigenvalue weighted by molar-refractivity contribution is 14.0. The minimum absolute atomic E-state index is 0. The lowest BCUT2D eigenvalue weighted by atomic mass is 10.2. The first-order valence-corrected chi connectivity index (χ1v) is 6.73. The number of nitrogens with two attached hydrogens (primary N) is 1. The van der Waals surface area contributed by atoms with Gasteiger partial charge < -0.3 is 15.8 Å². The van der Waals surface area contributed by atoms with Crippen LogP contribution < -0.4 is 15.8 Å². The van der Waals surface area contributed by atoms with Crippen LogP contribution in [0.1, 0.15) is 5.56 Å². The number of hydrogen-bond acceptors (Lipinski definition) is 2. The summed E-state index contributed by atoms with van der Waals surface area (Å²) in [5, 5.41) is 3.05. The first-order chi connectivity index (χ1) is 10.3. The van der Waals surface area contributed by atoms with Crippen LogP contribution in [0.15, 0.2) is 72.2 Å². The van der Waals surface area contributed by atoms with Crippen LogP contribution in [0.3, 0.4) is 0 Å².